The Labute approximate surface area is 243 Å². The van der Waals surface area contributed by atoms with E-state index in [0.717, 1.165) is 17.0 Å². The highest BCUT2D eigenvalue weighted by molar-refractivity contribution is 6.09. The van der Waals surface area contributed by atoms with Crippen LogP contribution in [0.2, 0.25) is 0 Å². The first-order valence-corrected chi connectivity index (χ1v) is 12.9. The Morgan fingerprint density at radius 3 is 1.88 bits per heavy atom. The van der Waals surface area contributed by atoms with Gasteiger partial charge in [-0.1, -0.05) is 20.8 Å². The molecule has 0 spiro atoms. The van der Waals surface area contributed by atoms with Crippen LogP contribution in [-0.2, 0) is 9.47 Å². The molecule has 1 N–H and O–H groups in total. The van der Waals surface area contributed by atoms with Gasteiger partial charge in [-0.15, -0.1) is 0 Å². The zero-order valence-corrected chi connectivity index (χ0v) is 25.3. The number of nitro benzene ring substituents is 1. The molecular formula is C28H37FN4O9. The van der Waals surface area contributed by atoms with E-state index in [1.165, 1.54) is 19.3 Å². The number of hydrogen-bond acceptors (Lipinski definition) is 9. The van der Waals surface area contributed by atoms with Crippen molar-refractivity contribution in [3.8, 4) is 11.5 Å². The molecule has 230 valence electrons. The van der Waals surface area contributed by atoms with Crippen molar-refractivity contribution in [2.45, 2.75) is 79.6 Å². The molecule has 0 aliphatic rings. The van der Waals surface area contributed by atoms with Crippen LogP contribution in [0.4, 0.5) is 30.3 Å². The molecule has 0 bridgehead atoms. The Morgan fingerprint density at radius 1 is 0.952 bits per heavy atom. The number of anilines is 1. The van der Waals surface area contributed by atoms with Crippen molar-refractivity contribution in [1.82, 2.24) is 9.88 Å². The fraction of sp³-hybridized carbons (Fsp3) is 0.500. The summed E-state index contributed by atoms with van der Waals surface area (Å²) in [6.07, 6.45) is -2.54. The summed E-state index contributed by atoms with van der Waals surface area (Å²) in [6.45, 7) is 14.6. The van der Waals surface area contributed by atoms with Gasteiger partial charge in [0, 0.05) is 19.3 Å². The number of carbonyl (C=O) groups excluding carboxylic acids is 2. The Balaban J connectivity index is 2.97. The second kappa shape index (κ2) is 12.2. The third kappa shape index (κ3) is 8.51. The standard InChI is InChI=1S/C28H37FN4O9/c1-26(2,3)21(31(10)23(34)35)20-19(40-18-12-11-16(33(38)39)15-17(18)29)13-14-30-22(20)32(24(36)41-27(4,5)6)25(37)42-28(7,8)9/h11-15,21H,1-10H3,(H,34,35). The molecule has 1 unspecified atom stereocenters. The average Bonchev–Trinajstić information content (AvgIpc) is 2.78. The van der Waals surface area contributed by atoms with Crippen LogP contribution in [0, 0.1) is 21.3 Å². The largest absolute Gasteiger partial charge is 0.465 e. The zero-order valence-electron chi connectivity index (χ0n) is 25.3. The SMILES string of the molecule is CN(C(=O)O)C(c1c(Oc2ccc([N+](=O)[O-])cc2F)ccnc1N(C(=O)OC(C)(C)C)C(=O)OC(C)(C)C)C(C)(C)C. The Bertz CT molecular complexity index is 1330. The molecule has 3 amide bonds. The lowest BCUT2D eigenvalue weighted by Crippen LogP contribution is -2.46. The Hall–Kier alpha value is -4.49. The molecule has 0 aliphatic carbocycles. The van der Waals surface area contributed by atoms with Crippen LogP contribution in [0.15, 0.2) is 30.5 Å². The predicted molar refractivity (Wildman–Crippen MR) is 150 cm³/mol. The summed E-state index contributed by atoms with van der Waals surface area (Å²) in [5.74, 6) is -2.08. The summed E-state index contributed by atoms with van der Waals surface area (Å²) in [7, 11) is 1.27. The van der Waals surface area contributed by atoms with Gasteiger partial charge in [-0.05, 0) is 59.1 Å². The van der Waals surface area contributed by atoms with E-state index >= 15 is 0 Å². The van der Waals surface area contributed by atoms with Gasteiger partial charge in [0.15, 0.2) is 17.4 Å². The molecule has 0 radical (unpaired) electrons. The molecule has 2 rings (SSSR count). The van der Waals surface area contributed by atoms with Gasteiger partial charge in [-0.25, -0.2) is 23.8 Å². The Morgan fingerprint density at radius 2 is 1.48 bits per heavy atom. The molecule has 2 aromatic rings. The van der Waals surface area contributed by atoms with Crippen LogP contribution in [0.25, 0.3) is 0 Å². The molecular weight excluding hydrogens is 555 g/mol. The number of nitrogens with zero attached hydrogens (tertiary/aromatic N) is 4. The number of nitro groups is 1. The van der Waals surface area contributed by atoms with Crippen molar-refractivity contribution in [1.29, 1.82) is 0 Å². The number of carbonyl (C=O) groups is 3. The quantitative estimate of drug-likeness (QED) is 0.266. The van der Waals surface area contributed by atoms with Crippen LogP contribution < -0.4 is 9.64 Å². The molecule has 1 heterocycles. The summed E-state index contributed by atoms with van der Waals surface area (Å²) in [6, 6.07) is 2.86. The fourth-order valence-corrected chi connectivity index (χ4v) is 3.95. The lowest BCUT2D eigenvalue weighted by atomic mass is 9.81. The molecule has 13 nitrogen and oxygen atoms in total. The van der Waals surface area contributed by atoms with Gasteiger partial charge in [0.05, 0.1) is 22.6 Å². The van der Waals surface area contributed by atoms with Crippen LogP contribution >= 0.6 is 0 Å². The highest BCUT2D eigenvalue weighted by Gasteiger charge is 2.42. The maximum Gasteiger partial charge on any atom is 0.425 e. The number of carboxylic acid groups (broad SMARTS) is 1. The van der Waals surface area contributed by atoms with E-state index in [-0.39, 0.29) is 17.1 Å². The Kier molecular flexibility index (Phi) is 9.77. The summed E-state index contributed by atoms with van der Waals surface area (Å²) in [5.41, 5.74) is -3.66. The molecule has 1 atom stereocenters. The molecule has 0 fully saturated rings. The average molecular weight is 593 g/mol. The lowest BCUT2D eigenvalue weighted by Gasteiger charge is -2.39. The molecule has 0 aliphatic heterocycles. The summed E-state index contributed by atoms with van der Waals surface area (Å²) >= 11 is 0. The van der Waals surface area contributed by atoms with Crippen molar-refractivity contribution in [3.63, 3.8) is 0 Å². The second-order valence-corrected chi connectivity index (χ2v) is 12.5. The van der Waals surface area contributed by atoms with Crippen molar-refractivity contribution < 1.29 is 43.0 Å². The first-order chi connectivity index (χ1) is 19.0. The third-order valence-corrected chi connectivity index (χ3v) is 5.42. The van der Waals surface area contributed by atoms with E-state index in [9.17, 15) is 34.0 Å². The number of rotatable bonds is 6. The number of aromatic nitrogens is 1. The van der Waals surface area contributed by atoms with E-state index in [2.05, 4.69) is 4.98 Å². The first-order valence-electron chi connectivity index (χ1n) is 12.9. The minimum Gasteiger partial charge on any atom is -0.465 e. The minimum atomic E-state index is -1.36. The lowest BCUT2D eigenvalue weighted by molar-refractivity contribution is -0.385. The van der Waals surface area contributed by atoms with Gasteiger partial charge in [0.2, 0.25) is 0 Å². The van der Waals surface area contributed by atoms with Crippen LogP contribution in [0.1, 0.15) is 73.9 Å². The molecule has 14 heteroatoms. The normalized spacial score (nSPS) is 12.6. The van der Waals surface area contributed by atoms with Gasteiger partial charge >= 0.3 is 18.3 Å². The van der Waals surface area contributed by atoms with Crippen LogP contribution in [0.3, 0.4) is 0 Å². The maximum atomic E-state index is 14.9. The van der Waals surface area contributed by atoms with E-state index in [0.29, 0.717) is 11.0 Å². The van der Waals surface area contributed by atoms with Gasteiger partial charge in [-0.2, -0.15) is 4.90 Å². The van der Waals surface area contributed by atoms with Crippen molar-refractivity contribution >= 4 is 29.8 Å². The number of imide groups is 1. The number of pyridine rings is 1. The van der Waals surface area contributed by atoms with Gasteiger partial charge in [0.25, 0.3) is 5.69 Å². The third-order valence-electron chi connectivity index (χ3n) is 5.42. The number of ether oxygens (including phenoxy) is 3. The van der Waals surface area contributed by atoms with Crippen molar-refractivity contribution in [2.24, 2.45) is 5.41 Å². The number of non-ortho nitro benzene ring substituents is 1. The van der Waals surface area contributed by atoms with Gasteiger partial charge < -0.3 is 24.2 Å². The molecule has 0 saturated carbocycles. The molecule has 0 saturated heterocycles. The first kappa shape index (κ1) is 33.7. The van der Waals surface area contributed by atoms with Crippen LogP contribution in [0.5, 0.6) is 11.5 Å². The van der Waals surface area contributed by atoms with E-state index in [4.69, 9.17) is 14.2 Å². The van der Waals surface area contributed by atoms with Crippen LogP contribution in [-0.4, -0.2) is 56.4 Å². The molecule has 1 aromatic carbocycles. The number of amides is 3. The minimum absolute atomic E-state index is 0.0932. The van der Waals surface area contributed by atoms with Crippen molar-refractivity contribution in [3.05, 3.63) is 52.0 Å². The summed E-state index contributed by atoms with van der Waals surface area (Å²) in [4.78, 5) is 55.3. The summed E-state index contributed by atoms with van der Waals surface area (Å²) < 4.78 is 31.7. The number of halogens is 1. The molecule has 1 aromatic heterocycles. The smallest absolute Gasteiger partial charge is 0.425 e. The highest BCUT2D eigenvalue weighted by Crippen LogP contribution is 2.47. The number of benzene rings is 1. The monoisotopic (exact) mass is 592 g/mol. The molecule has 42 heavy (non-hydrogen) atoms. The van der Waals surface area contributed by atoms with E-state index < -0.39 is 63.1 Å². The summed E-state index contributed by atoms with van der Waals surface area (Å²) in [5, 5.41) is 21.1. The fourth-order valence-electron chi connectivity index (χ4n) is 3.95. The van der Waals surface area contributed by atoms with E-state index in [1.807, 2.05) is 0 Å². The van der Waals surface area contributed by atoms with E-state index in [1.54, 1.807) is 62.3 Å². The topological polar surface area (TPSA) is 162 Å². The highest BCUT2D eigenvalue weighted by atomic mass is 19.1. The second-order valence-electron chi connectivity index (χ2n) is 12.5. The number of hydrogen-bond donors (Lipinski definition) is 1. The van der Waals surface area contributed by atoms with Gasteiger partial charge in [0.1, 0.15) is 17.0 Å². The predicted octanol–water partition coefficient (Wildman–Crippen LogP) is 7.29. The maximum absolute atomic E-state index is 14.9. The van der Waals surface area contributed by atoms with Gasteiger partial charge in [-0.3, -0.25) is 10.1 Å². The van der Waals surface area contributed by atoms with Crippen molar-refractivity contribution in [2.75, 3.05) is 11.9 Å². The zero-order chi connectivity index (χ0) is 32.4.